The number of halogens is 1. The van der Waals surface area contributed by atoms with Gasteiger partial charge in [0.15, 0.2) is 0 Å². The van der Waals surface area contributed by atoms with E-state index in [9.17, 15) is 14.5 Å². The molecule has 1 unspecified atom stereocenters. The maximum atomic E-state index is 13.2. The van der Waals surface area contributed by atoms with Crippen LogP contribution < -0.4 is 4.90 Å². The van der Waals surface area contributed by atoms with Gasteiger partial charge in [-0.25, -0.2) is 4.39 Å². The number of benzene rings is 1. The van der Waals surface area contributed by atoms with Crippen LogP contribution in [-0.2, 0) is 0 Å². The minimum absolute atomic E-state index is 0.0685. The number of hydrogen-bond donors (Lipinski definition) is 1. The molecule has 1 aliphatic rings. The van der Waals surface area contributed by atoms with Gasteiger partial charge in [-0.15, -0.1) is 0 Å². The highest BCUT2D eigenvalue weighted by molar-refractivity contribution is 5.63. The second-order valence-electron chi connectivity index (χ2n) is 4.50. The lowest BCUT2D eigenvalue weighted by atomic mass is 10.1. The van der Waals surface area contributed by atoms with Gasteiger partial charge in [0, 0.05) is 31.8 Å². The van der Waals surface area contributed by atoms with Gasteiger partial charge >= 0.3 is 0 Å². The number of anilines is 1. The van der Waals surface area contributed by atoms with Gasteiger partial charge in [0.2, 0.25) is 0 Å². The zero-order chi connectivity index (χ0) is 13.1. The molecule has 1 N–H and O–H groups in total. The van der Waals surface area contributed by atoms with Crippen LogP contribution in [0.25, 0.3) is 0 Å². The third-order valence-corrected chi connectivity index (χ3v) is 3.30. The van der Waals surface area contributed by atoms with Gasteiger partial charge in [0.1, 0.15) is 11.5 Å². The van der Waals surface area contributed by atoms with E-state index in [1.165, 1.54) is 12.1 Å². The summed E-state index contributed by atoms with van der Waals surface area (Å²) in [4.78, 5) is 12.2. The summed E-state index contributed by atoms with van der Waals surface area (Å²) in [7, 11) is 0. The molecule has 0 spiro atoms. The Kier molecular flexibility index (Phi) is 3.76. The number of rotatable bonds is 4. The van der Waals surface area contributed by atoms with E-state index in [4.69, 9.17) is 5.11 Å². The third kappa shape index (κ3) is 2.59. The molecule has 0 radical (unpaired) electrons. The topological polar surface area (TPSA) is 66.6 Å². The normalized spacial score (nSPS) is 19.2. The summed E-state index contributed by atoms with van der Waals surface area (Å²) in [5.74, 6) is -0.154. The Hall–Kier alpha value is -1.69. The van der Waals surface area contributed by atoms with Crippen LogP contribution in [0.5, 0.6) is 0 Å². The lowest BCUT2D eigenvalue weighted by Gasteiger charge is -2.18. The molecule has 1 fully saturated rings. The predicted octanol–water partition coefficient (Wildman–Crippen LogP) is 1.94. The summed E-state index contributed by atoms with van der Waals surface area (Å²) in [6.45, 7) is 1.41. The summed E-state index contributed by atoms with van der Waals surface area (Å²) >= 11 is 0. The van der Waals surface area contributed by atoms with Gasteiger partial charge in [-0.1, -0.05) is 0 Å². The molecular formula is C12H15FN2O3. The molecular weight excluding hydrogens is 239 g/mol. The van der Waals surface area contributed by atoms with Crippen molar-refractivity contribution in [3.05, 3.63) is 34.1 Å². The summed E-state index contributed by atoms with van der Waals surface area (Å²) < 4.78 is 13.2. The Bertz CT molecular complexity index is 453. The van der Waals surface area contributed by atoms with Crippen LogP contribution in [0.1, 0.15) is 12.8 Å². The summed E-state index contributed by atoms with van der Waals surface area (Å²) in [6.07, 6.45) is 1.55. The minimum Gasteiger partial charge on any atom is -0.396 e. The molecule has 0 saturated carbocycles. The first-order valence-corrected chi connectivity index (χ1v) is 5.91. The van der Waals surface area contributed by atoms with E-state index in [1.807, 2.05) is 4.90 Å². The molecule has 0 aromatic heterocycles. The van der Waals surface area contributed by atoms with Crippen LogP contribution in [0, 0.1) is 21.8 Å². The smallest absolute Gasteiger partial charge is 0.292 e. The molecule has 0 aliphatic carbocycles. The van der Waals surface area contributed by atoms with Crippen molar-refractivity contribution in [2.45, 2.75) is 12.8 Å². The lowest BCUT2D eigenvalue weighted by Crippen LogP contribution is -2.21. The number of nitro groups is 1. The van der Waals surface area contributed by atoms with Crippen LogP contribution in [0.3, 0.4) is 0 Å². The lowest BCUT2D eigenvalue weighted by molar-refractivity contribution is -0.384. The van der Waals surface area contributed by atoms with Gasteiger partial charge in [0.05, 0.1) is 4.92 Å². The molecule has 0 amide bonds. The zero-order valence-corrected chi connectivity index (χ0v) is 9.88. The van der Waals surface area contributed by atoms with Crippen LogP contribution in [0.2, 0.25) is 0 Å². The number of aliphatic hydroxyl groups excluding tert-OH is 1. The molecule has 5 nitrogen and oxygen atoms in total. The average Bonchev–Trinajstić information content (AvgIpc) is 2.77. The van der Waals surface area contributed by atoms with Gasteiger partial charge in [-0.3, -0.25) is 10.1 Å². The van der Waals surface area contributed by atoms with Crippen molar-refractivity contribution in [1.82, 2.24) is 0 Å². The largest absolute Gasteiger partial charge is 0.396 e. The Balaban J connectivity index is 2.23. The van der Waals surface area contributed by atoms with E-state index < -0.39 is 10.7 Å². The monoisotopic (exact) mass is 254 g/mol. The molecule has 98 valence electrons. The first kappa shape index (κ1) is 12.8. The Labute approximate surface area is 104 Å². The first-order valence-electron chi connectivity index (χ1n) is 5.91. The molecule has 1 aromatic carbocycles. The minimum atomic E-state index is -0.492. The molecule has 1 aromatic rings. The van der Waals surface area contributed by atoms with E-state index in [2.05, 4.69) is 0 Å². The standard InChI is InChI=1S/C12H15FN2O3/c13-10-1-2-11(15(17)18)12(7-10)14-5-3-9(8-14)4-6-16/h1-2,7,9,16H,3-6,8H2. The number of aliphatic hydroxyl groups is 1. The summed E-state index contributed by atoms with van der Waals surface area (Å²) in [6, 6.07) is 3.51. The number of hydrogen-bond acceptors (Lipinski definition) is 4. The van der Waals surface area contributed by atoms with Crippen LogP contribution in [0.15, 0.2) is 18.2 Å². The highest BCUT2D eigenvalue weighted by Gasteiger charge is 2.27. The SMILES string of the molecule is O=[N+]([O-])c1ccc(F)cc1N1CCC(CCO)C1. The van der Waals surface area contributed by atoms with E-state index in [-0.39, 0.29) is 12.3 Å². The van der Waals surface area contributed by atoms with Gasteiger partial charge in [-0.05, 0) is 24.8 Å². The van der Waals surface area contributed by atoms with Crippen LogP contribution >= 0.6 is 0 Å². The molecule has 1 heterocycles. The molecule has 6 heteroatoms. The number of nitrogens with zero attached hydrogens (tertiary/aromatic N) is 2. The molecule has 1 saturated heterocycles. The van der Waals surface area contributed by atoms with Gasteiger partial charge in [-0.2, -0.15) is 0 Å². The van der Waals surface area contributed by atoms with Crippen LogP contribution in [0.4, 0.5) is 15.8 Å². The van der Waals surface area contributed by atoms with Crippen molar-refractivity contribution in [3.63, 3.8) is 0 Å². The predicted molar refractivity (Wildman–Crippen MR) is 65.1 cm³/mol. The zero-order valence-electron chi connectivity index (χ0n) is 9.88. The van der Waals surface area contributed by atoms with Crippen molar-refractivity contribution < 1.29 is 14.4 Å². The fourth-order valence-corrected chi connectivity index (χ4v) is 2.37. The Morgan fingerprint density at radius 3 is 3.00 bits per heavy atom. The van der Waals surface area contributed by atoms with Gasteiger partial charge in [0.25, 0.3) is 5.69 Å². The molecule has 0 bridgehead atoms. The average molecular weight is 254 g/mol. The molecule has 1 aliphatic heterocycles. The second kappa shape index (κ2) is 5.30. The quantitative estimate of drug-likeness (QED) is 0.658. The van der Waals surface area contributed by atoms with Crippen molar-refractivity contribution in [2.75, 3.05) is 24.6 Å². The maximum Gasteiger partial charge on any atom is 0.292 e. The fraction of sp³-hybridized carbons (Fsp3) is 0.500. The fourth-order valence-electron chi connectivity index (χ4n) is 2.37. The number of nitro benzene ring substituents is 1. The van der Waals surface area contributed by atoms with E-state index >= 15 is 0 Å². The first-order chi connectivity index (χ1) is 8.61. The molecule has 18 heavy (non-hydrogen) atoms. The Morgan fingerprint density at radius 1 is 1.56 bits per heavy atom. The van der Waals surface area contributed by atoms with Crippen molar-refractivity contribution in [1.29, 1.82) is 0 Å². The maximum absolute atomic E-state index is 13.2. The van der Waals surface area contributed by atoms with Crippen molar-refractivity contribution >= 4 is 11.4 Å². The van der Waals surface area contributed by atoms with E-state index in [1.54, 1.807) is 0 Å². The molecule has 1 atom stereocenters. The van der Waals surface area contributed by atoms with E-state index in [0.29, 0.717) is 31.1 Å². The summed E-state index contributed by atoms with van der Waals surface area (Å²) in [5, 5.41) is 19.8. The van der Waals surface area contributed by atoms with Crippen LogP contribution in [-0.4, -0.2) is 29.7 Å². The van der Waals surface area contributed by atoms with Crippen molar-refractivity contribution in [3.8, 4) is 0 Å². The van der Waals surface area contributed by atoms with Gasteiger partial charge < -0.3 is 10.0 Å². The summed E-state index contributed by atoms with van der Waals surface area (Å²) in [5.41, 5.74) is 0.265. The van der Waals surface area contributed by atoms with E-state index in [0.717, 1.165) is 12.5 Å². The Morgan fingerprint density at radius 2 is 2.33 bits per heavy atom. The molecule has 2 rings (SSSR count). The van der Waals surface area contributed by atoms with Crippen molar-refractivity contribution in [2.24, 2.45) is 5.92 Å². The highest BCUT2D eigenvalue weighted by atomic mass is 19.1. The third-order valence-electron chi connectivity index (χ3n) is 3.30. The second-order valence-corrected chi connectivity index (χ2v) is 4.50. The highest BCUT2D eigenvalue weighted by Crippen LogP contribution is 2.33.